The van der Waals surface area contributed by atoms with Gasteiger partial charge in [0, 0.05) is 31.9 Å². The predicted molar refractivity (Wildman–Crippen MR) is 84.7 cm³/mol. The largest absolute Gasteiger partial charge is 0.297 e. The number of nitrogens with zero attached hydrogens (tertiary/aromatic N) is 3. The van der Waals surface area contributed by atoms with Crippen LogP contribution in [0.4, 0.5) is 0 Å². The van der Waals surface area contributed by atoms with Gasteiger partial charge < -0.3 is 0 Å². The number of hydrogen-bond acceptors (Lipinski definition) is 3. The fourth-order valence-corrected chi connectivity index (χ4v) is 3.52. The Bertz CT molecular complexity index is 702. The van der Waals surface area contributed by atoms with Crippen molar-refractivity contribution < 1.29 is 0 Å². The van der Waals surface area contributed by atoms with Crippen molar-refractivity contribution in [3.8, 4) is 0 Å². The lowest BCUT2D eigenvalue weighted by Gasteiger charge is -2.34. The summed E-state index contributed by atoms with van der Waals surface area (Å²) in [6.07, 6.45) is 2.89. The van der Waals surface area contributed by atoms with Crippen LogP contribution < -0.4 is 5.56 Å². The summed E-state index contributed by atoms with van der Waals surface area (Å²) in [5.41, 5.74) is 1.42. The number of pyridine rings is 1. The molecule has 4 nitrogen and oxygen atoms in total. The normalized spacial score (nSPS) is 23.6. The van der Waals surface area contributed by atoms with Gasteiger partial charge in [-0.3, -0.25) is 14.1 Å². The number of fused-ring (bicyclic) bond motifs is 1. The number of piperidine rings is 1. The van der Waals surface area contributed by atoms with Crippen LogP contribution in [0, 0.1) is 11.8 Å². The Morgan fingerprint density at radius 3 is 2.71 bits per heavy atom. The lowest BCUT2D eigenvalue weighted by atomic mass is 9.92. The zero-order valence-corrected chi connectivity index (χ0v) is 13.2. The first-order valence-corrected chi connectivity index (χ1v) is 7.79. The highest BCUT2D eigenvalue weighted by Gasteiger charge is 2.22. The molecule has 0 aromatic carbocycles. The number of likely N-dealkylation sites (tertiary alicyclic amines) is 1. The van der Waals surface area contributed by atoms with Crippen LogP contribution in [-0.2, 0) is 6.54 Å². The van der Waals surface area contributed by atoms with Gasteiger partial charge in [-0.2, -0.15) is 0 Å². The Labute approximate surface area is 129 Å². The van der Waals surface area contributed by atoms with E-state index in [1.807, 2.05) is 0 Å². The molecule has 0 aliphatic carbocycles. The van der Waals surface area contributed by atoms with Gasteiger partial charge in [0.1, 0.15) is 5.65 Å². The van der Waals surface area contributed by atoms with Gasteiger partial charge in [-0.25, -0.2) is 4.98 Å². The molecular formula is C16H20ClN3O. The summed E-state index contributed by atoms with van der Waals surface area (Å²) in [5.74, 6) is 1.41. The van der Waals surface area contributed by atoms with Crippen molar-refractivity contribution in [2.45, 2.75) is 26.8 Å². The molecular weight excluding hydrogens is 286 g/mol. The molecule has 1 aliphatic rings. The molecule has 112 valence electrons. The minimum absolute atomic E-state index is 0.0735. The third kappa shape index (κ3) is 3.27. The van der Waals surface area contributed by atoms with Gasteiger partial charge in [0.05, 0.1) is 10.7 Å². The van der Waals surface area contributed by atoms with Crippen molar-refractivity contribution >= 4 is 17.2 Å². The molecule has 3 heterocycles. The minimum Gasteiger partial charge on any atom is -0.297 e. The Balaban J connectivity index is 1.87. The Morgan fingerprint density at radius 2 is 2.00 bits per heavy atom. The highest BCUT2D eigenvalue weighted by molar-refractivity contribution is 6.30. The van der Waals surface area contributed by atoms with Crippen LogP contribution in [-0.4, -0.2) is 27.4 Å². The predicted octanol–water partition coefficient (Wildman–Crippen LogP) is 2.83. The van der Waals surface area contributed by atoms with Crippen LogP contribution in [0.2, 0.25) is 5.02 Å². The van der Waals surface area contributed by atoms with E-state index in [-0.39, 0.29) is 5.56 Å². The quantitative estimate of drug-likeness (QED) is 0.856. The fraction of sp³-hybridized carbons (Fsp3) is 0.500. The molecule has 0 bridgehead atoms. The highest BCUT2D eigenvalue weighted by Crippen LogP contribution is 2.22. The van der Waals surface area contributed by atoms with E-state index >= 15 is 0 Å². The number of hydrogen-bond donors (Lipinski definition) is 0. The maximum Gasteiger partial charge on any atom is 0.258 e. The SMILES string of the molecule is CC1CC(C)CN(Cc2cc(=O)n3cc(Cl)ccc3n2)C1. The summed E-state index contributed by atoms with van der Waals surface area (Å²) >= 11 is 5.92. The molecule has 3 rings (SSSR count). The summed E-state index contributed by atoms with van der Waals surface area (Å²) in [7, 11) is 0. The average molecular weight is 306 g/mol. The Morgan fingerprint density at radius 1 is 1.29 bits per heavy atom. The molecule has 0 N–H and O–H groups in total. The van der Waals surface area contributed by atoms with E-state index in [1.54, 1.807) is 24.4 Å². The zero-order valence-electron chi connectivity index (χ0n) is 12.4. The van der Waals surface area contributed by atoms with Crippen molar-refractivity contribution in [2.75, 3.05) is 13.1 Å². The minimum atomic E-state index is -0.0735. The average Bonchev–Trinajstić information content (AvgIpc) is 2.38. The molecule has 2 aromatic heterocycles. The van der Waals surface area contributed by atoms with Crippen LogP contribution in [0.5, 0.6) is 0 Å². The first-order chi connectivity index (χ1) is 10.0. The van der Waals surface area contributed by atoms with E-state index < -0.39 is 0 Å². The van der Waals surface area contributed by atoms with Crippen LogP contribution in [0.1, 0.15) is 26.0 Å². The monoisotopic (exact) mass is 305 g/mol. The molecule has 0 radical (unpaired) electrons. The molecule has 1 aliphatic heterocycles. The second-order valence-corrected chi connectivity index (χ2v) is 6.74. The molecule has 1 saturated heterocycles. The number of aromatic nitrogens is 2. The Hall–Kier alpha value is -1.39. The lowest BCUT2D eigenvalue weighted by molar-refractivity contribution is 0.133. The van der Waals surface area contributed by atoms with E-state index in [0.717, 1.165) is 25.3 Å². The van der Waals surface area contributed by atoms with Crippen LogP contribution in [0.25, 0.3) is 5.65 Å². The molecule has 0 amide bonds. The standard InChI is InChI=1S/C16H20ClN3O/c1-11-5-12(2)8-19(7-11)10-14-6-16(21)20-9-13(17)3-4-15(20)18-14/h3-4,6,9,11-12H,5,7-8,10H2,1-2H3. The van der Waals surface area contributed by atoms with Crippen molar-refractivity contribution in [1.82, 2.24) is 14.3 Å². The highest BCUT2D eigenvalue weighted by atomic mass is 35.5. The van der Waals surface area contributed by atoms with Gasteiger partial charge in [0.15, 0.2) is 0 Å². The molecule has 0 saturated carbocycles. The van der Waals surface area contributed by atoms with E-state index in [1.165, 1.54) is 10.8 Å². The smallest absolute Gasteiger partial charge is 0.258 e. The first kappa shape index (κ1) is 14.5. The maximum atomic E-state index is 12.2. The second-order valence-electron chi connectivity index (χ2n) is 6.30. The van der Waals surface area contributed by atoms with Gasteiger partial charge >= 0.3 is 0 Å². The van der Waals surface area contributed by atoms with E-state index in [0.29, 0.717) is 22.5 Å². The van der Waals surface area contributed by atoms with Crippen LogP contribution in [0.3, 0.4) is 0 Å². The first-order valence-electron chi connectivity index (χ1n) is 7.41. The van der Waals surface area contributed by atoms with E-state index in [9.17, 15) is 4.79 Å². The third-order valence-electron chi connectivity index (χ3n) is 4.01. The van der Waals surface area contributed by atoms with Crippen molar-refractivity contribution in [3.63, 3.8) is 0 Å². The fourth-order valence-electron chi connectivity index (χ4n) is 3.36. The molecule has 2 unspecified atom stereocenters. The lowest BCUT2D eigenvalue weighted by Crippen LogP contribution is -2.38. The molecule has 1 fully saturated rings. The van der Waals surface area contributed by atoms with Crippen LogP contribution >= 0.6 is 11.6 Å². The third-order valence-corrected chi connectivity index (χ3v) is 4.23. The van der Waals surface area contributed by atoms with Gasteiger partial charge in [0.25, 0.3) is 5.56 Å². The molecule has 2 aromatic rings. The number of halogens is 1. The van der Waals surface area contributed by atoms with Crippen LogP contribution in [0.15, 0.2) is 29.2 Å². The maximum absolute atomic E-state index is 12.2. The summed E-state index contributed by atoms with van der Waals surface area (Å²) in [5, 5.41) is 0.540. The summed E-state index contributed by atoms with van der Waals surface area (Å²) < 4.78 is 1.49. The molecule has 5 heteroatoms. The van der Waals surface area contributed by atoms with Gasteiger partial charge in [-0.05, 0) is 30.4 Å². The van der Waals surface area contributed by atoms with E-state index in [4.69, 9.17) is 11.6 Å². The zero-order chi connectivity index (χ0) is 15.0. The molecule has 21 heavy (non-hydrogen) atoms. The number of rotatable bonds is 2. The summed E-state index contributed by atoms with van der Waals surface area (Å²) in [6, 6.07) is 5.17. The Kier molecular flexibility index (Phi) is 4.00. The summed E-state index contributed by atoms with van der Waals surface area (Å²) in [4.78, 5) is 19.1. The topological polar surface area (TPSA) is 37.6 Å². The van der Waals surface area contributed by atoms with Crippen molar-refractivity contribution in [3.05, 3.63) is 45.5 Å². The van der Waals surface area contributed by atoms with Gasteiger partial charge in [0.2, 0.25) is 0 Å². The second kappa shape index (κ2) is 5.78. The van der Waals surface area contributed by atoms with Gasteiger partial charge in [-0.15, -0.1) is 0 Å². The summed E-state index contributed by atoms with van der Waals surface area (Å²) in [6.45, 7) is 7.46. The molecule has 2 atom stereocenters. The van der Waals surface area contributed by atoms with Crippen molar-refractivity contribution in [1.29, 1.82) is 0 Å². The molecule has 0 spiro atoms. The van der Waals surface area contributed by atoms with E-state index in [2.05, 4.69) is 23.7 Å². The van der Waals surface area contributed by atoms with Crippen molar-refractivity contribution in [2.24, 2.45) is 11.8 Å². The van der Waals surface area contributed by atoms with Gasteiger partial charge in [-0.1, -0.05) is 25.4 Å².